The Morgan fingerprint density at radius 2 is 1.90 bits per heavy atom. The Hall–Kier alpha value is -2.76. The lowest BCUT2D eigenvalue weighted by Gasteiger charge is -2.09. The zero-order valence-corrected chi connectivity index (χ0v) is 10.9. The van der Waals surface area contributed by atoms with E-state index < -0.39 is 5.97 Å². The third-order valence-corrected chi connectivity index (χ3v) is 3.25. The first-order valence-corrected chi connectivity index (χ1v) is 5.91. The minimum atomic E-state index is -0.988. The van der Waals surface area contributed by atoms with Gasteiger partial charge in [-0.05, 0) is 6.07 Å². The van der Waals surface area contributed by atoms with Crippen molar-refractivity contribution < 1.29 is 19.4 Å². The van der Waals surface area contributed by atoms with Gasteiger partial charge in [0.25, 0.3) is 0 Å². The number of aromatic carboxylic acids is 1. The van der Waals surface area contributed by atoms with Gasteiger partial charge in [-0.3, -0.25) is 4.98 Å². The second kappa shape index (κ2) is 4.41. The van der Waals surface area contributed by atoms with Crippen molar-refractivity contribution in [3.05, 3.63) is 30.1 Å². The molecule has 0 bridgehead atoms. The Morgan fingerprint density at radius 3 is 2.55 bits per heavy atom. The molecule has 0 amide bonds. The van der Waals surface area contributed by atoms with E-state index in [4.69, 9.17) is 14.6 Å². The van der Waals surface area contributed by atoms with Crippen LogP contribution in [-0.2, 0) is 0 Å². The van der Waals surface area contributed by atoms with Gasteiger partial charge < -0.3 is 19.6 Å². The highest BCUT2D eigenvalue weighted by atomic mass is 16.5. The highest BCUT2D eigenvalue weighted by Gasteiger charge is 2.15. The van der Waals surface area contributed by atoms with Crippen LogP contribution in [0.4, 0.5) is 0 Å². The van der Waals surface area contributed by atoms with Gasteiger partial charge in [0.2, 0.25) is 0 Å². The van der Waals surface area contributed by atoms with Gasteiger partial charge in [-0.1, -0.05) is 0 Å². The average Bonchev–Trinajstić information content (AvgIpc) is 2.90. The van der Waals surface area contributed by atoms with Gasteiger partial charge in [-0.25, -0.2) is 4.79 Å². The lowest BCUT2D eigenvalue weighted by atomic mass is 10.1. The number of aromatic nitrogens is 2. The molecule has 1 aromatic carbocycles. The zero-order chi connectivity index (χ0) is 14.3. The zero-order valence-electron chi connectivity index (χ0n) is 10.9. The number of H-pyrrole nitrogens is 1. The molecule has 0 saturated carbocycles. The summed E-state index contributed by atoms with van der Waals surface area (Å²) in [5, 5.41) is 10.5. The van der Waals surface area contributed by atoms with Crippen LogP contribution in [0.25, 0.3) is 21.8 Å². The van der Waals surface area contributed by atoms with Gasteiger partial charge in [-0.15, -0.1) is 0 Å². The van der Waals surface area contributed by atoms with Crippen molar-refractivity contribution in [2.45, 2.75) is 0 Å². The van der Waals surface area contributed by atoms with Crippen molar-refractivity contribution in [1.29, 1.82) is 0 Å². The molecule has 0 radical (unpaired) electrons. The third-order valence-electron chi connectivity index (χ3n) is 3.25. The number of nitrogens with zero attached hydrogens (tertiary/aromatic N) is 1. The molecule has 0 atom stereocenters. The minimum absolute atomic E-state index is 0.198. The van der Waals surface area contributed by atoms with Crippen LogP contribution in [0.15, 0.2) is 24.5 Å². The van der Waals surface area contributed by atoms with Gasteiger partial charge in [0.05, 0.1) is 30.8 Å². The van der Waals surface area contributed by atoms with E-state index in [9.17, 15) is 4.79 Å². The number of fused-ring (bicyclic) bond motifs is 3. The predicted molar refractivity (Wildman–Crippen MR) is 73.7 cm³/mol. The standard InChI is InChI=1S/C14H12N2O4/c1-19-11-3-7-10(4-12(11)20-2)15-5-8-9(14(17)18)6-16-13(7)8/h3-6,16H,1-2H3,(H,17,18). The summed E-state index contributed by atoms with van der Waals surface area (Å²) in [4.78, 5) is 18.4. The molecule has 3 rings (SSSR count). The van der Waals surface area contributed by atoms with Gasteiger partial charge >= 0.3 is 5.97 Å². The van der Waals surface area contributed by atoms with E-state index in [2.05, 4.69) is 9.97 Å². The Morgan fingerprint density at radius 1 is 1.20 bits per heavy atom. The number of ether oxygens (including phenoxy) is 2. The lowest BCUT2D eigenvalue weighted by molar-refractivity contribution is 0.0699. The highest BCUT2D eigenvalue weighted by molar-refractivity contribution is 6.11. The Labute approximate surface area is 114 Å². The molecule has 6 nitrogen and oxygen atoms in total. The number of aromatic amines is 1. The highest BCUT2D eigenvalue weighted by Crippen LogP contribution is 2.34. The monoisotopic (exact) mass is 272 g/mol. The molecule has 0 aliphatic carbocycles. The van der Waals surface area contributed by atoms with Gasteiger partial charge in [0.1, 0.15) is 0 Å². The maximum Gasteiger partial charge on any atom is 0.337 e. The SMILES string of the molecule is COc1cc2ncc3c(C(=O)O)c[nH]c3c2cc1OC. The first kappa shape index (κ1) is 12.3. The predicted octanol–water partition coefficient (Wildman–Crippen LogP) is 2.43. The molecule has 0 saturated heterocycles. The summed E-state index contributed by atoms with van der Waals surface area (Å²) in [6.45, 7) is 0. The molecule has 0 aliphatic heterocycles. The number of rotatable bonds is 3. The fourth-order valence-corrected chi connectivity index (χ4v) is 2.28. The molecule has 0 aliphatic rings. The molecule has 0 fully saturated rings. The van der Waals surface area contributed by atoms with Crippen LogP contribution in [0.1, 0.15) is 10.4 Å². The summed E-state index contributed by atoms with van der Waals surface area (Å²) in [6.07, 6.45) is 3.01. The Balaban J connectivity index is 2.39. The van der Waals surface area contributed by atoms with Crippen molar-refractivity contribution in [2.24, 2.45) is 0 Å². The minimum Gasteiger partial charge on any atom is -0.493 e. The summed E-state index contributed by atoms with van der Waals surface area (Å²) >= 11 is 0. The van der Waals surface area contributed by atoms with E-state index in [-0.39, 0.29) is 5.56 Å². The number of methoxy groups -OCH3 is 2. The van der Waals surface area contributed by atoms with E-state index in [0.717, 1.165) is 5.39 Å². The molecule has 6 heteroatoms. The number of benzene rings is 1. The average molecular weight is 272 g/mol. The van der Waals surface area contributed by atoms with Crippen LogP contribution < -0.4 is 9.47 Å². The van der Waals surface area contributed by atoms with Crippen LogP contribution in [0.5, 0.6) is 11.5 Å². The van der Waals surface area contributed by atoms with Crippen LogP contribution in [0, 0.1) is 0 Å². The van der Waals surface area contributed by atoms with Crippen molar-refractivity contribution in [3.8, 4) is 11.5 Å². The second-order valence-electron chi connectivity index (χ2n) is 4.28. The fourth-order valence-electron chi connectivity index (χ4n) is 2.28. The number of carbonyl (C=O) groups is 1. The number of pyridine rings is 1. The van der Waals surface area contributed by atoms with Crippen LogP contribution in [0.3, 0.4) is 0 Å². The second-order valence-corrected chi connectivity index (χ2v) is 4.28. The lowest BCUT2D eigenvalue weighted by Crippen LogP contribution is -1.94. The van der Waals surface area contributed by atoms with Gasteiger partial charge in [0.15, 0.2) is 11.5 Å². The van der Waals surface area contributed by atoms with Crippen LogP contribution in [0.2, 0.25) is 0 Å². The number of hydrogen-bond donors (Lipinski definition) is 2. The smallest absolute Gasteiger partial charge is 0.337 e. The molecule has 2 heterocycles. The molecule has 2 aromatic heterocycles. The van der Waals surface area contributed by atoms with Crippen LogP contribution >= 0.6 is 0 Å². The number of carboxylic acids is 1. The topological polar surface area (TPSA) is 84.4 Å². The summed E-state index contributed by atoms with van der Waals surface area (Å²) in [7, 11) is 3.11. The molecule has 0 spiro atoms. The maximum atomic E-state index is 11.1. The Bertz CT molecular complexity index is 823. The largest absolute Gasteiger partial charge is 0.493 e. The van der Waals surface area contributed by atoms with Crippen LogP contribution in [-0.4, -0.2) is 35.3 Å². The first-order chi connectivity index (χ1) is 9.65. The number of hydrogen-bond acceptors (Lipinski definition) is 4. The molecular weight excluding hydrogens is 260 g/mol. The number of carboxylic acid groups (broad SMARTS) is 1. The van der Waals surface area contributed by atoms with Crippen molar-refractivity contribution in [1.82, 2.24) is 9.97 Å². The van der Waals surface area contributed by atoms with E-state index in [1.54, 1.807) is 32.5 Å². The fraction of sp³-hybridized carbons (Fsp3) is 0.143. The molecule has 3 aromatic rings. The van der Waals surface area contributed by atoms with Gasteiger partial charge in [0, 0.05) is 29.2 Å². The molecule has 20 heavy (non-hydrogen) atoms. The molecule has 102 valence electrons. The van der Waals surface area contributed by atoms with E-state index in [1.807, 2.05) is 0 Å². The Kier molecular flexibility index (Phi) is 2.71. The van der Waals surface area contributed by atoms with E-state index >= 15 is 0 Å². The van der Waals surface area contributed by atoms with E-state index in [1.165, 1.54) is 6.20 Å². The summed E-state index contributed by atoms with van der Waals surface area (Å²) in [5.41, 5.74) is 1.62. The van der Waals surface area contributed by atoms with Crippen molar-refractivity contribution >= 4 is 27.8 Å². The summed E-state index contributed by atoms with van der Waals surface area (Å²) in [6, 6.07) is 3.54. The van der Waals surface area contributed by atoms with Gasteiger partial charge in [-0.2, -0.15) is 0 Å². The van der Waals surface area contributed by atoms with E-state index in [0.29, 0.717) is 27.9 Å². The summed E-state index contributed by atoms with van der Waals surface area (Å²) < 4.78 is 10.5. The quantitative estimate of drug-likeness (QED) is 0.765. The first-order valence-electron chi connectivity index (χ1n) is 5.91. The molecular formula is C14H12N2O4. The molecule has 2 N–H and O–H groups in total. The van der Waals surface area contributed by atoms with Crippen molar-refractivity contribution in [3.63, 3.8) is 0 Å². The summed E-state index contributed by atoms with van der Waals surface area (Å²) in [5.74, 6) is 0.163. The number of nitrogens with one attached hydrogen (secondary N) is 1. The third kappa shape index (κ3) is 1.65. The maximum absolute atomic E-state index is 11.1. The van der Waals surface area contributed by atoms with Crippen molar-refractivity contribution in [2.75, 3.05) is 14.2 Å². The molecule has 0 unspecified atom stereocenters. The normalized spacial score (nSPS) is 10.9.